The number of nitrogens with zero attached hydrogens (tertiary/aromatic N) is 1. The third-order valence-corrected chi connectivity index (χ3v) is 6.60. The number of anilines is 3. The van der Waals surface area contributed by atoms with Gasteiger partial charge in [0, 0.05) is 46.4 Å². The minimum Gasteiger partial charge on any atom is -0.457 e. The molecular formula is C28H30N4O2. The summed E-state index contributed by atoms with van der Waals surface area (Å²) >= 11 is 0. The number of rotatable bonds is 4. The van der Waals surface area contributed by atoms with Crippen LogP contribution in [0.15, 0.2) is 60.9 Å². The van der Waals surface area contributed by atoms with E-state index in [4.69, 9.17) is 4.74 Å². The lowest BCUT2D eigenvalue weighted by Gasteiger charge is -2.17. The number of carbonyl (C=O) groups is 1. The van der Waals surface area contributed by atoms with Crippen LogP contribution in [0.5, 0.6) is 11.5 Å². The van der Waals surface area contributed by atoms with Gasteiger partial charge in [-0.25, -0.2) is 4.98 Å². The fourth-order valence-electron chi connectivity index (χ4n) is 4.62. The van der Waals surface area contributed by atoms with E-state index >= 15 is 0 Å². The smallest absolute Gasteiger partial charge is 0.255 e. The van der Waals surface area contributed by atoms with Crippen LogP contribution >= 0.6 is 0 Å². The van der Waals surface area contributed by atoms with Gasteiger partial charge in [0.25, 0.3) is 5.91 Å². The van der Waals surface area contributed by atoms with Crippen LogP contribution in [0.1, 0.15) is 53.7 Å². The Labute approximate surface area is 200 Å². The van der Waals surface area contributed by atoms with Crippen LogP contribution in [0.2, 0.25) is 0 Å². The molecule has 2 aliphatic heterocycles. The molecule has 0 fully saturated rings. The molecule has 0 bridgehead atoms. The van der Waals surface area contributed by atoms with Crippen molar-refractivity contribution in [3.8, 4) is 11.5 Å². The van der Waals surface area contributed by atoms with Crippen molar-refractivity contribution in [3.63, 3.8) is 0 Å². The Bertz CT molecular complexity index is 1300. The van der Waals surface area contributed by atoms with Gasteiger partial charge in [-0.1, -0.05) is 26.5 Å². The maximum absolute atomic E-state index is 12.9. The van der Waals surface area contributed by atoms with Crippen molar-refractivity contribution in [2.24, 2.45) is 0 Å². The third kappa shape index (κ3) is 4.23. The van der Waals surface area contributed by atoms with Crippen molar-refractivity contribution in [3.05, 3.63) is 83.2 Å². The van der Waals surface area contributed by atoms with Gasteiger partial charge < -0.3 is 20.7 Å². The first-order valence-corrected chi connectivity index (χ1v) is 11.7. The SMILES string of the molecule is C=C1CCCc2c(Oc3ccc(C(=O)Nc4ccc5c(c4)NCC5(C)C)cc3C)ccnc2N1. The standard InChI is InChI=1S/C28H30N4O2/c1-17-14-19(27(33)32-20-9-10-22-23(15-20)30-16-28(22,3)4)8-11-24(17)34-25-12-13-29-26-21(25)7-5-6-18(2)31-26/h8-15,30H,2,5-7,16H2,1,3-4H3,(H,29,31)(H,32,33). The molecule has 6 nitrogen and oxygen atoms in total. The van der Waals surface area contributed by atoms with Crippen LogP contribution < -0.4 is 20.7 Å². The minimum atomic E-state index is -0.146. The molecule has 1 amide bonds. The second-order valence-corrected chi connectivity index (χ2v) is 9.75. The lowest BCUT2D eigenvalue weighted by Crippen LogP contribution is -2.18. The van der Waals surface area contributed by atoms with E-state index in [0.29, 0.717) is 5.56 Å². The summed E-state index contributed by atoms with van der Waals surface area (Å²) in [6.45, 7) is 11.3. The zero-order valence-corrected chi connectivity index (χ0v) is 19.9. The number of amides is 1. The maximum Gasteiger partial charge on any atom is 0.255 e. The maximum atomic E-state index is 12.9. The van der Waals surface area contributed by atoms with Crippen molar-refractivity contribution in [1.82, 2.24) is 4.98 Å². The summed E-state index contributed by atoms with van der Waals surface area (Å²) < 4.78 is 6.27. The van der Waals surface area contributed by atoms with Crippen LogP contribution in [0, 0.1) is 6.92 Å². The second kappa shape index (κ2) is 8.52. The Morgan fingerprint density at radius 2 is 1.97 bits per heavy atom. The molecule has 2 aliphatic rings. The lowest BCUT2D eigenvalue weighted by atomic mass is 9.87. The normalized spacial score (nSPS) is 15.9. The van der Waals surface area contributed by atoms with Gasteiger partial charge in [0.1, 0.15) is 17.3 Å². The largest absolute Gasteiger partial charge is 0.457 e. The number of fused-ring (bicyclic) bond motifs is 2. The lowest BCUT2D eigenvalue weighted by molar-refractivity contribution is 0.102. The molecule has 0 atom stereocenters. The van der Waals surface area contributed by atoms with Crippen LogP contribution in [0.4, 0.5) is 17.2 Å². The average Bonchev–Trinajstić information content (AvgIpc) is 2.97. The van der Waals surface area contributed by atoms with E-state index in [-0.39, 0.29) is 11.3 Å². The van der Waals surface area contributed by atoms with Gasteiger partial charge in [-0.05, 0) is 73.7 Å². The Kier molecular flexibility index (Phi) is 5.52. The molecule has 3 N–H and O–H groups in total. The molecule has 6 heteroatoms. The topological polar surface area (TPSA) is 75.3 Å². The number of carbonyl (C=O) groups excluding carboxylic acids is 1. The van der Waals surface area contributed by atoms with Crippen molar-refractivity contribution in [2.45, 2.75) is 45.4 Å². The summed E-state index contributed by atoms with van der Waals surface area (Å²) in [4.78, 5) is 17.4. The Hall–Kier alpha value is -3.80. The van der Waals surface area contributed by atoms with Gasteiger partial charge in [0.2, 0.25) is 0 Å². The van der Waals surface area contributed by atoms with E-state index in [1.165, 1.54) is 5.56 Å². The Balaban J connectivity index is 1.32. The van der Waals surface area contributed by atoms with Gasteiger partial charge >= 0.3 is 0 Å². The van der Waals surface area contributed by atoms with E-state index in [1.807, 2.05) is 37.3 Å². The summed E-state index contributed by atoms with van der Waals surface area (Å²) in [5.74, 6) is 2.16. The fourth-order valence-corrected chi connectivity index (χ4v) is 4.62. The highest BCUT2D eigenvalue weighted by atomic mass is 16.5. The van der Waals surface area contributed by atoms with Gasteiger partial charge in [-0.2, -0.15) is 0 Å². The molecule has 2 aromatic carbocycles. The number of aromatic nitrogens is 1. The number of benzene rings is 2. The van der Waals surface area contributed by atoms with Crippen molar-refractivity contribution < 1.29 is 9.53 Å². The summed E-state index contributed by atoms with van der Waals surface area (Å²) in [7, 11) is 0. The number of allylic oxidation sites excluding steroid dienone is 1. The summed E-state index contributed by atoms with van der Waals surface area (Å²) in [6.07, 6.45) is 4.52. The predicted octanol–water partition coefficient (Wildman–Crippen LogP) is 6.40. The predicted molar refractivity (Wildman–Crippen MR) is 137 cm³/mol. The van der Waals surface area contributed by atoms with Crippen LogP contribution in [0.3, 0.4) is 0 Å². The summed E-state index contributed by atoms with van der Waals surface area (Å²) in [5, 5.41) is 9.74. The molecule has 0 spiro atoms. The zero-order chi connectivity index (χ0) is 23.9. The quantitative estimate of drug-likeness (QED) is 0.425. The van der Waals surface area contributed by atoms with Crippen LogP contribution in [-0.2, 0) is 11.8 Å². The van der Waals surface area contributed by atoms with E-state index < -0.39 is 0 Å². The molecule has 34 heavy (non-hydrogen) atoms. The molecule has 0 aliphatic carbocycles. The molecule has 5 rings (SSSR count). The van der Waals surface area contributed by atoms with E-state index in [1.54, 1.807) is 12.3 Å². The number of nitrogens with one attached hydrogen (secondary N) is 3. The molecular weight excluding hydrogens is 424 g/mol. The first-order valence-electron chi connectivity index (χ1n) is 11.7. The number of hydrogen-bond acceptors (Lipinski definition) is 5. The summed E-state index contributed by atoms with van der Waals surface area (Å²) in [6, 6.07) is 13.5. The third-order valence-electron chi connectivity index (χ3n) is 6.60. The minimum absolute atomic E-state index is 0.0992. The number of aryl methyl sites for hydroxylation is 1. The molecule has 174 valence electrons. The highest BCUT2D eigenvalue weighted by Crippen LogP contribution is 2.38. The molecule has 1 aromatic heterocycles. The van der Waals surface area contributed by atoms with Gasteiger partial charge in [-0.15, -0.1) is 0 Å². The highest BCUT2D eigenvalue weighted by Gasteiger charge is 2.29. The van der Waals surface area contributed by atoms with Crippen molar-refractivity contribution in [1.29, 1.82) is 0 Å². The van der Waals surface area contributed by atoms with Gasteiger partial charge in [0.05, 0.1) is 0 Å². The Morgan fingerprint density at radius 1 is 1.12 bits per heavy atom. The zero-order valence-electron chi connectivity index (χ0n) is 19.9. The molecule has 0 saturated carbocycles. The first-order chi connectivity index (χ1) is 16.3. The second-order valence-electron chi connectivity index (χ2n) is 9.75. The molecule has 0 unspecified atom stereocenters. The molecule has 0 saturated heterocycles. The molecule has 3 aromatic rings. The number of pyridine rings is 1. The Morgan fingerprint density at radius 3 is 2.79 bits per heavy atom. The monoisotopic (exact) mass is 454 g/mol. The van der Waals surface area contributed by atoms with Gasteiger partial charge in [-0.3, -0.25) is 4.79 Å². The first kappa shape index (κ1) is 22.0. The number of hydrogen-bond donors (Lipinski definition) is 3. The number of ether oxygens (including phenoxy) is 1. The fraction of sp³-hybridized carbons (Fsp3) is 0.286. The van der Waals surface area contributed by atoms with Crippen molar-refractivity contribution in [2.75, 3.05) is 22.5 Å². The van der Waals surface area contributed by atoms with Crippen LogP contribution in [-0.4, -0.2) is 17.4 Å². The molecule has 0 radical (unpaired) electrons. The van der Waals surface area contributed by atoms with Gasteiger partial charge in [0.15, 0.2) is 0 Å². The molecule has 3 heterocycles. The van der Waals surface area contributed by atoms with E-state index in [9.17, 15) is 4.79 Å². The van der Waals surface area contributed by atoms with E-state index in [0.717, 1.165) is 71.3 Å². The summed E-state index contributed by atoms with van der Waals surface area (Å²) in [5.41, 5.74) is 6.73. The van der Waals surface area contributed by atoms with E-state index in [2.05, 4.69) is 47.4 Å². The van der Waals surface area contributed by atoms with Crippen molar-refractivity contribution >= 4 is 23.1 Å². The average molecular weight is 455 g/mol. The van der Waals surface area contributed by atoms with Crippen LogP contribution in [0.25, 0.3) is 0 Å². The highest BCUT2D eigenvalue weighted by molar-refractivity contribution is 6.04.